The monoisotopic (exact) mass is 300 g/mol. The molecule has 1 aromatic heterocycles. The molecule has 0 radical (unpaired) electrons. The van der Waals surface area contributed by atoms with E-state index < -0.39 is 0 Å². The summed E-state index contributed by atoms with van der Waals surface area (Å²) in [5, 5.41) is 10.4. The normalized spacial score (nSPS) is 18.1. The van der Waals surface area contributed by atoms with Gasteiger partial charge in [0.2, 0.25) is 5.91 Å². The number of rotatable bonds is 5. The van der Waals surface area contributed by atoms with Gasteiger partial charge in [-0.25, -0.2) is 0 Å². The second-order valence-corrected chi connectivity index (χ2v) is 5.27. The number of ether oxygens (including phenoxy) is 1. The minimum absolute atomic E-state index is 0.0198. The molecule has 22 heavy (non-hydrogen) atoms. The Kier molecular flexibility index (Phi) is 4.82. The number of amides is 1. The first-order valence-corrected chi connectivity index (χ1v) is 7.46. The van der Waals surface area contributed by atoms with Crippen LogP contribution in [-0.2, 0) is 22.6 Å². The molecule has 1 aliphatic rings. The van der Waals surface area contributed by atoms with E-state index in [0.717, 1.165) is 11.1 Å². The molecule has 1 saturated heterocycles. The van der Waals surface area contributed by atoms with Crippen LogP contribution in [0.4, 0.5) is 0 Å². The van der Waals surface area contributed by atoms with Crippen LogP contribution in [0.25, 0.3) is 0 Å². The number of carbonyl (C=O) groups excluding carboxylic acids is 1. The van der Waals surface area contributed by atoms with Gasteiger partial charge in [0.25, 0.3) is 0 Å². The van der Waals surface area contributed by atoms with Crippen LogP contribution in [0.15, 0.2) is 42.7 Å². The van der Waals surface area contributed by atoms with E-state index in [9.17, 15) is 4.79 Å². The predicted octanol–water partition coefficient (Wildman–Crippen LogP) is 0.536. The molecule has 116 valence electrons. The lowest BCUT2D eigenvalue weighted by Crippen LogP contribution is -2.51. The lowest BCUT2D eigenvalue weighted by Gasteiger charge is -2.23. The number of morpholine rings is 1. The van der Waals surface area contributed by atoms with Gasteiger partial charge in [0.1, 0.15) is 6.04 Å². The number of aromatic nitrogens is 2. The Bertz CT molecular complexity index is 606. The van der Waals surface area contributed by atoms with Gasteiger partial charge in [-0.05, 0) is 17.2 Å². The summed E-state index contributed by atoms with van der Waals surface area (Å²) in [6.45, 7) is 3.02. The van der Waals surface area contributed by atoms with Crippen molar-refractivity contribution in [3.63, 3.8) is 0 Å². The summed E-state index contributed by atoms with van der Waals surface area (Å²) >= 11 is 0. The van der Waals surface area contributed by atoms with Gasteiger partial charge in [-0.15, -0.1) is 0 Å². The Labute approximate surface area is 129 Å². The standard InChI is InChI=1S/C16H20N4O2/c21-16(15-12-22-9-7-17-15)18-10-13-4-1-2-5-14(13)11-20-8-3-6-19-20/h1-6,8,15,17H,7,9-12H2,(H,18,21)/t15-/m0/s1. The van der Waals surface area contributed by atoms with E-state index in [1.54, 1.807) is 6.20 Å². The number of nitrogens with zero attached hydrogens (tertiary/aromatic N) is 2. The highest BCUT2D eigenvalue weighted by atomic mass is 16.5. The first kappa shape index (κ1) is 14.7. The molecule has 1 aromatic carbocycles. The number of hydrogen-bond acceptors (Lipinski definition) is 4. The summed E-state index contributed by atoms with van der Waals surface area (Å²) < 4.78 is 7.19. The Balaban J connectivity index is 1.61. The fraction of sp³-hybridized carbons (Fsp3) is 0.375. The third-order valence-corrected chi connectivity index (χ3v) is 3.70. The average molecular weight is 300 g/mol. The van der Waals surface area contributed by atoms with E-state index in [2.05, 4.69) is 21.8 Å². The van der Waals surface area contributed by atoms with Crippen molar-refractivity contribution in [3.8, 4) is 0 Å². The summed E-state index contributed by atoms with van der Waals surface area (Å²) in [5.41, 5.74) is 2.25. The van der Waals surface area contributed by atoms with Gasteiger partial charge in [0.05, 0.1) is 19.8 Å². The zero-order valence-corrected chi connectivity index (χ0v) is 12.4. The molecule has 2 heterocycles. The average Bonchev–Trinajstić information content (AvgIpc) is 3.07. The molecule has 2 aromatic rings. The van der Waals surface area contributed by atoms with E-state index in [4.69, 9.17) is 4.74 Å². The van der Waals surface area contributed by atoms with Crippen molar-refractivity contribution in [1.29, 1.82) is 0 Å². The van der Waals surface area contributed by atoms with Crippen LogP contribution in [0.2, 0.25) is 0 Å². The van der Waals surface area contributed by atoms with Gasteiger partial charge >= 0.3 is 0 Å². The Hall–Kier alpha value is -2.18. The third kappa shape index (κ3) is 3.72. The fourth-order valence-electron chi connectivity index (χ4n) is 2.49. The zero-order valence-electron chi connectivity index (χ0n) is 12.4. The van der Waals surface area contributed by atoms with Crippen molar-refractivity contribution in [1.82, 2.24) is 20.4 Å². The van der Waals surface area contributed by atoms with E-state index in [0.29, 0.717) is 32.8 Å². The zero-order chi connectivity index (χ0) is 15.2. The summed E-state index contributed by atoms with van der Waals surface area (Å²) in [5.74, 6) is -0.0198. The summed E-state index contributed by atoms with van der Waals surface area (Å²) in [7, 11) is 0. The molecule has 0 saturated carbocycles. The van der Waals surface area contributed by atoms with Crippen molar-refractivity contribution in [2.24, 2.45) is 0 Å². The Morgan fingerprint density at radius 2 is 2.23 bits per heavy atom. The molecule has 6 heteroatoms. The first-order chi connectivity index (χ1) is 10.8. The SMILES string of the molecule is O=C(NCc1ccccc1Cn1cccn1)[C@@H]1COCCN1. The maximum absolute atomic E-state index is 12.1. The summed E-state index contributed by atoms with van der Waals surface area (Å²) in [6.07, 6.45) is 3.69. The van der Waals surface area contributed by atoms with Crippen molar-refractivity contribution in [2.75, 3.05) is 19.8 Å². The van der Waals surface area contributed by atoms with Crippen LogP contribution in [0.3, 0.4) is 0 Å². The predicted molar refractivity (Wildman–Crippen MR) is 82.2 cm³/mol. The summed E-state index contributed by atoms with van der Waals surface area (Å²) in [6, 6.07) is 9.72. The molecule has 1 amide bonds. The second kappa shape index (κ2) is 7.20. The molecule has 3 rings (SSSR count). The first-order valence-electron chi connectivity index (χ1n) is 7.46. The molecule has 0 spiro atoms. The van der Waals surface area contributed by atoms with Crippen molar-refractivity contribution < 1.29 is 9.53 Å². The number of benzene rings is 1. The van der Waals surface area contributed by atoms with Gasteiger partial charge in [0.15, 0.2) is 0 Å². The molecule has 1 aliphatic heterocycles. The molecule has 6 nitrogen and oxygen atoms in total. The van der Waals surface area contributed by atoms with Crippen molar-refractivity contribution >= 4 is 5.91 Å². The molecular weight excluding hydrogens is 280 g/mol. The number of nitrogens with one attached hydrogen (secondary N) is 2. The third-order valence-electron chi connectivity index (χ3n) is 3.70. The maximum atomic E-state index is 12.1. The molecule has 0 bridgehead atoms. The lowest BCUT2D eigenvalue weighted by molar-refractivity contribution is -0.126. The van der Waals surface area contributed by atoms with E-state index in [1.807, 2.05) is 35.1 Å². The largest absolute Gasteiger partial charge is 0.378 e. The van der Waals surface area contributed by atoms with Crippen LogP contribution in [0, 0.1) is 0 Å². The van der Waals surface area contributed by atoms with E-state index in [1.165, 1.54) is 0 Å². The maximum Gasteiger partial charge on any atom is 0.239 e. The van der Waals surface area contributed by atoms with Crippen LogP contribution in [0.1, 0.15) is 11.1 Å². The topological polar surface area (TPSA) is 68.2 Å². The molecular formula is C16H20N4O2. The second-order valence-electron chi connectivity index (χ2n) is 5.27. The van der Waals surface area contributed by atoms with E-state index >= 15 is 0 Å². The minimum atomic E-state index is -0.257. The van der Waals surface area contributed by atoms with Crippen LogP contribution < -0.4 is 10.6 Å². The van der Waals surface area contributed by atoms with Gasteiger partial charge in [0, 0.05) is 25.5 Å². The quantitative estimate of drug-likeness (QED) is 0.845. The highest BCUT2D eigenvalue weighted by molar-refractivity contribution is 5.82. The van der Waals surface area contributed by atoms with Crippen LogP contribution in [-0.4, -0.2) is 41.5 Å². The van der Waals surface area contributed by atoms with Crippen LogP contribution >= 0.6 is 0 Å². The van der Waals surface area contributed by atoms with Crippen molar-refractivity contribution in [3.05, 3.63) is 53.9 Å². The Morgan fingerprint density at radius 3 is 2.95 bits per heavy atom. The molecule has 1 fully saturated rings. The lowest BCUT2D eigenvalue weighted by atomic mass is 10.1. The minimum Gasteiger partial charge on any atom is -0.378 e. The fourth-order valence-corrected chi connectivity index (χ4v) is 2.49. The highest BCUT2D eigenvalue weighted by Gasteiger charge is 2.20. The smallest absolute Gasteiger partial charge is 0.239 e. The van der Waals surface area contributed by atoms with Gasteiger partial charge in [-0.1, -0.05) is 24.3 Å². The number of carbonyl (C=O) groups is 1. The number of hydrogen-bond donors (Lipinski definition) is 2. The van der Waals surface area contributed by atoms with Gasteiger partial charge < -0.3 is 15.4 Å². The molecule has 2 N–H and O–H groups in total. The highest BCUT2D eigenvalue weighted by Crippen LogP contribution is 2.10. The molecule has 0 aliphatic carbocycles. The van der Waals surface area contributed by atoms with Gasteiger partial charge in [-0.2, -0.15) is 5.10 Å². The molecule has 0 unspecified atom stereocenters. The Morgan fingerprint density at radius 1 is 1.36 bits per heavy atom. The van der Waals surface area contributed by atoms with Crippen molar-refractivity contribution in [2.45, 2.75) is 19.1 Å². The van der Waals surface area contributed by atoms with E-state index in [-0.39, 0.29) is 11.9 Å². The molecule has 1 atom stereocenters. The summed E-state index contributed by atoms with van der Waals surface area (Å²) in [4.78, 5) is 12.1. The van der Waals surface area contributed by atoms with Gasteiger partial charge in [-0.3, -0.25) is 9.48 Å². The van der Waals surface area contributed by atoms with Crippen LogP contribution in [0.5, 0.6) is 0 Å².